The zero-order valence-electron chi connectivity index (χ0n) is 12.2. The lowest BCUT2D eigenvalue weighted by Gasteiger charge is -2.29. The van der Waals surface area contributed by atoms with Crippen LogP contribution in [0.2, 0.25) is 5.02 Å². The van der Waals surface area contributed by atoms with Gasteiger partial charge in [0.2, 0.25) is 5.91 Å². The second kappa shape index (κ2) is 6.51. The Bertz CT molecular complexity index is 672. The zero-order chi connectivity index (χ0) is 15.5. The van der Waals surface area contributed by atoms with Gasteiger partial charge in [-0.3, -0.25) is 4.79 Å². The molecule has 0 aliphatic carbocycles. The van der Waals surface area contributed by atoms with E-state index >= 15 is 0 Å². The molecule has 1 unspecified atom stereocenters. The third kappa shape index (κ3) is 3.32. The molecule has 4 heteroatoms. The maximum atomic E-state index is 12.4. The number of nitrogens with zero attached hydrogens (tertiary/aromatic N) is 1. The molecule has 0 radical (unpaired) electrons. The van der Waals surface area contributed by atoms with Crippen molar-refractivity contribution in [3.63, 3.8) is 0 Å². The van der Waals surface area contributed by atoms with E-state index in [0.29, 0.717) is 18.1 Å². The highest BCUT2D eigenvalue weighted by Gasteiger charge is 2.23. The molecule has 1 aliphatic rings. The van der Waals surface area contributed by atoms with Gasteiger partial charge in [0.05, 0.1) is 12.5 Å². The van der Waals surface area contributed by atoms with Crippen LogP contribution in [0.25, 0.3) is 0 Å². The number of carbonyl (C=O) groups is 1. The summed E-state index contributed by atoms with van der Waals surface area (Å²) in [4.78, 5) is 14.2. The van der Waals surface area contributed by atoms with Crippen LogP contribution in [0.5, 0.6) is 0 Å². The van der Waals surface area contributed by atoms with Crippen molar-refractivity contribution >= 4 is 17.5 Å². The van der Waals surface area contributed by atoms with Crippen molar-refractivity contribution in [3.05, 3.63) is 70.2 Å². The maximum Gasteiger partial charge on any atom is 0.225 e. The molecule has 1 aliphatic heterocycles. The van der Waals surface area contributed by atoms with Gasteiger partial charge in [0.15, 0.2) is 0 Å². The molecule has 3 nitrogen and oxygen atoms in total. The fourth-order valence-electron chi connectivity index (χ4n) is 2.83. The molecule has 0 spiro atoms. The molecule has 2 aromatic rings. The first-order valence-electron chi connectivity index (χ1n) is 7.41. The number of halogens is 1. The first-order valence-corrected chi connectivity index (χ1v) is 7.79. The van der Waals surface area contributed by atoms with Gasteiger partial charge < -0.3 is 10.0 Å². The molecule has 0 aromatic heterocycles. The summed E-state index contributed by atoms with van der Waals surface area (Å²) in [6.07, 6.45) is 0.189. The number of hydrogen-bond donors (Lipinski definition) is 1. The smallest absolute Gasteiger partial charge is 0.225 e. The summed E-state index contributed by atoms with van der Waals surface area (Å²) in [6.45, 7) is 1.26. The average Bonchev–Trinajstić information content (AvgIpc) is 2.54. The number of carbonyl (C=O) groups excluding carboxylic acids is 1. The summed E-state index contributed by atoms with van der Waals surface area (Å²) < 4.78 is 0. The minimum atomic E-state index is -0.755. The first-order chi connectivity index (χ1) is 10.6. The van der Waals surface area contributed by atoms with Gasteiger partial charge in [0, 0.05) is 18.1 Å². The number of fused-ring (bicyclic) bond motifs is 1. The topological polar surface area (TPSA) is 40.5 Å². The number of rotatable bonds is 3. The number of hydrogen-bond acceptors (Lipinski definition) is 2. The minimum absolute atomic E-state index is 0.0259. The lowest BCUT2D eigenvalue weighted by atomic mass is 9.99. The highest BCUT2D eigenvalue weighted by Crippen LogP contribution is 2.24. The molecule has 22 heavy (non-hydrogen) atoms. The largest absolute Gasteiger partial charge is 0.388 e. The van der Waals surface area contributed by atoms with Crippen molar-refractivity contribution < 1.29 is 9.90 Å². The molecule has 3 rings (SSSR count). The van der Waals surface area contributed by atoms with Crippen molar-refractivity contribution in [1.82, 2.24) is 4.90 Å². The summed E-state index contributed by atoms with van der Waals surface area (Å²) in [5, 5.41) is 10.9. The van der Waals surface area contributed by atoms with Gasteiger partial charge in [0.1, 0.15) is 0 Å². The second-order valence-corrected chi connectivity index (χ2v) is 6.05. The van der Waals surface area contributed by atoms with Gasteiger partial charge in [-0.1, -0.05) is 48.0 Å². The number of aliphatic hydroxyl groups excluding tert-OH is 1. The van der Waals surface area contributed by atoms with Crippen LogP contribution < -0.4 is 0 Å². The molecule has 114 valence electrons. The van der Waals surface area contributed by atoms with E-state index in [1.807, 2.05) is 48.5 Å². The minimum Gasteiger partial charge on any atom is -0.388 e. The molecule has 1 atom stereocenters. The fourth-order valence-corrected chi connectivity index (χ4v) is 3.02. The lowest BCUT2D eigenvalue weighted by Crippen LogP contribution is -2.36. The Morgan fingerprint density at radius 2 is 1.95 bits per heavy atom. The number of benzene rings is 2. The quantitative estimate of drug-likeness (QED) is 0.943. The van der Waals surface area contributed by atoms with Crippen LogP contribution >= 0.6 is 11.6 Å². The standard InChI is InChI=1S/C18H18ClNO2/c19-16-7-6-13-8-9-20(12-15(13)10-16)18(22)11-17(21)14-4-2-1-3-5-14/h1-7,10,17,21H,8-9,11-12H2. The highest BCUT2D eigenvalue weighted by atomic mass is 35.5. The van der Waals surface area contributed by atoms with Crippen LogP contribution in [0, 0.1) is 0 Å². The average molecular weight is 316 g/mol. The molecule has 0 saturated heterocycles. The molecule has 2 aromatic carbocycles. The molecular formula is C18H18ClNO2. The van der Waals surface area contributed by atoms with Gasteiger partial charge in [-0.25, -0.2) is 0 Å². The Balaban J connectivity index is 1.66. The Hall–Kier alpha value is -1.84. The lowest BCUT2D eigenvalue weighted by molar-refractivity contribution is -0.134. The van der Waals surface area contributed by atoms with Crippen molar-refractivity contribution in [3.8, 4) is 0 Å². The Morgan fingerprint density at radius 1 is 1.18 bits per heavy atom. The van der Waals surface area contributed by atoms with Gasteiger partial charge in [-0.15, -0.1) is 0 Å². The SMILES string of the molecule is O=C(CC(O)c1ccccc1)N1CCc2ccc(Cl)cc2C1. The monoisotopic (exact) mass is 315 g/mol. The predicted octanol–water partition coefficient (Wildman–Crippen LogP) is 3.35. The second-order valence-electron chi connectivity index (χ2n) is 5.61. The van der Waals surface area contributed by atoms with Crippen molar-refractivity contribution in [2.24, 2.45) is 0 Å². The van der Waals surface area contributed by atoms with Crippen molar-refractivity contribution in [2.75, 3.05) is 6.54 Å². The summed E-state index contributed by atoms with van der Waals surface area (Å²) in [7, 11) is 0. The van der Waals surface area contributed by atoms with Crippen LogP contribution in [0.4, 0.5) is 0 Å². The summed E-state index contributed by atoms with van der Waals surface area (Å²) >= 11 is 6.02. The molecule has 1 N–H and O–H groups in total. The predicted molar refractivity (Wildman–Crippen MR) is 86.6 cm³/mol. The Kier molecular flexibility index (Phi) is 4.46. The summed E-state index contributed by atoms with van der Waals surface area (Å²) in [5.74, 6) is -0.0259. The van der Waals surface area contributed by atoms with Gasteiger partial charge in [-0.05, 0) is 35.2 Å². The summed E-state index contributed by atoms with van der Waals surface area (Å²) in [6, 6.07) is 15.1. The van der Waals surface area contributed by atoms with E-state index < -0.39 is 6.10 Å². The molecule has 0 bridgehead atoms. The van der Waals surface area contributed by atoms with Crippen molar-refractivity contribution in [2.45, 2.75) is 25.5 Å². The first kappa shape index (κ1) is 15.1. The Labute approximate surface area is 135 Å². The van der Waals surface area contributed by atoms with E-state index in [1.165, 1.54) is 5.56 Å². The molecule has 1 heterocycles. The van der Waals surface area contributed by atoms with E-state index in [1.54, 1.807) is 4.90 Å². The molecule has 0 saturated carbocycles. The van der Waals surface area contributed by atoms with E-state index in [0.717, 1.165) is 17.5 Å². The zero-order valence-corrected chi connectivity index (χ0v) is 13.0. The Morgan fingerprint density at radius 3 is 2.73 bits per heavy atom. The maximum absolute atomic E-state index is 12.4. The van der Waals surface area contributed by atoms with Crippen LogP contribution in [-0.2, 0) is 17.8 Å². The highest BCUT2D eigenvalue weighted by molar-refractivity contribution is 6.30. The van der Waals surface area contributed by atoms with Crippen LogP contribution in [0.3, 0.4) is 0 Å². The van der Waals surface area contributed by atoms with Gasteiger partial charge in [0.25, 0.3) is 0 Å². The van der Waals surface area contributed by atoms with Crippen LogP contribution in [0.1, 0.15) is 29.2 Å². The van der Waals surface area contributed by atoms with Crippen LogP contribution in [-0.4, -0.2) is 22.5 Å². The summed E-state index contributed by atoms with van der Waals surface area (Å²) in [5.41, 5.74) is 3.12. The van der Waals surface area contributed by atoms with Crippen LogP contribution in [0.15, 0.2) is 48.5 Å². The number of aliphatic hydroxyl groups is 1. The van der Waals surface area contributed by atoms with E-state index in [4.69, 9.17) is 11.6 Å². The third-order valence-electron chi connectivity index (χ3n) is 4.09. The van der Waals surface area contributed by atoms with Gasteiger partial charge in [-0.2, -0.15) is 0 Å². The normalized spacial score (nSPS) is 15.3. The van der Waals surface area contributed by atoms with E-state index in [2.05, 4.69) is 0 Å². The third-order valence-corrected chi connectivity index (χ3v) is 4.32. The van der Waals surface area contributed by atoms with E-state index in [-0.39, 0.29) is 12.3 Å². The van der Waals surface area contributed by atoms with Crippen molar-refractivity contribution in [1.29, 1.82) is 0 Å². The molecule has 1 amide bonds. The molecular weight excluding hydrogens is 298 g/mol. The van der Waals surface area contributed by atoms with Gasteiger partial charge >= 0.3 is 0 Å². The van der Waals surface area contributed by atoms with E-state index in [9.17, 15) is 9.90 Å². The molecule has 0 fully saturated rings. The number of amides is 1. The fraction of sp³-hybridized carbons (Fsp3) is 0.278.